The number of benzene rings is 2. The first-order valence-corrected chi connectivity index (χ1v) is 5.70. The number of hydrogen-bond donors (Lipinski definition) is 1. The summed E-state index contributed by atoms with van der Waals surface area (Å²) in [6.45, 7) is 3.69. The molecule has 88 valence electrons. The summed E-state index contributed by atoms with van der Waals surface area (Å²) in [6.07, 6.45) is 0. The molecule has 0 bridgehead atoms. The maximum Gasteiger partial charge on any atom is 0.126 e. The van der Waals surface area contributed by atoms with Gasteiger partial charge in [-0.05, 0) is 42.2 Å². The lowest BCUT2D eigenvalue weighted by atomic mass is 9.95. The third kappa shape index (κ3) is 2.37. The number of hydrogen-bond acceptors (Lipinski definition) is 1. The van der Waals surface area contributed by atoms with E-state index in [4.69, 9.17) is 5.73 Å². The van der Waals surface area contributed by atoms with Gasteiger partial charge in [0.15, 0.2) is 0 Å². The van der Waals surface area contributed by atoms with Crippen LogP contribution in [0.1, 0.15) is 24.1 Å². The van der Waals surface area contributed by atoms with Crippen molar-refractivity contribution in [2.24, 2.45) is 5.73 Å². The molecule has 1 nitrogen and oxygen atoms in total. The summed E-state index contributed by atoms with van der Waals surface area (Å²) < 4.78 is 13.6. The van der Waals surface area contributed by atoms with E-state index in [0.29, 0.717) is 5.56 Å². The second-order valence-electron chi connectivity index (χ2n) is 4.34. The second-order valence-corrected chi connectivity index (χ2v) is 4.34. The van der Waals surface area contributed by atoms with Crippen LogP contribution in [0.25, 0.3) is 11.1 Å². The van der Waals surface area contributed by atoms with E-state index in [2.05, 4.69) is 0 Å². The molecule has 0 heterocycles. The lowest BCUT2D eigenvalue weighted by Crippen LogP contribution is -2.06. The monoisotopic (exact) mass is 229 g/mol. The first-order valence-electron chi connectivity index (χ1n) is 5.70. The normalized spacial score (nSPS) is 12.5. The van der Waals surface area contributed by atoms with Crippen LogP contribution in [0.15, 0.2) is 42.5 Å². The van der Waals surface area contributed by atoms with E-state index < -0.39 is 0 Å². The van der Waals surface area contributed by atoms with Crippen LogP contribution in [0.4, 0.5) is 4.39 Å². The van der Waals surface area contributed by atoms with Crippen LogP contribution < -0.4 is 5.73 Å². The minimum absolute atomic E-state index is 0.0597. The largest absolute Gasteiger partial charge is 0.324 e. The number of rotatable bonds is 2. The van der Waals surface area contributed by atoms with Gasteiger partial charge in [-0.3, -0.25) is 0 Å². The van der Waals surface area contributed by atoms with Gasteiger partial charge in [0.2, 0.25) is 0 Å². The van der Waals surface area contributed by atoms with E-state index in [1.165, 1.54) is 0 Å². The van der Waals surface area contributed by atoms with E-state index in [0.717, 1.165) is 16.7 Å². The van der Waals surface area contributed by atoms with Crippen LogP contribution in [0.3, 0.4) is 0 Å². The van der Waals surface area contributed by atoms with Crippen LogP contribution in [0.5, 0.6) is 0 Å². The van der Waals surface area contributed by atoms with Gasteiger partial charge in [0.25, 0.3) is 0 Å². The minimum Gasteiger partial charge on any atom is -0.324 e. The Kier molecular flexibility index (Phi) is 3.25. The topological polar surface area (TPSA) is 26.0 Å². The average molecular weight is 229 g/mol. The maximum atomic E-state index is 13.6. The summed E-state index contributed by atoms with van der Waals surface area (Å²) in [5.41, 5.74) is 9.50. The smallest absolute Gasteiger partial charge is 0.126 e. The minimum atomic E-state index is -0.179. The first kappa shape index (κ1) is 11.8. The predicted molar refractivity (Wildman–Crippen MR) is 69.2 cm³/mol. The Hall–Kier alpha value is -1.67. The summed E-state index contributed by atoms with van der Waals surface area (Å²) in [6, 6.07) is 13.1. The van der Waals surface area contributed by atoms with E-state index >= 15 is 0 Å². The van der Waals surface area contributed by atoms with Crippen LogP contribution in [-0.2, 0) is 0 Å². The summed E-state index contributed by atoms with van der Waals surface area (Å²) in [5, 5.41) is 0. The van der Waals surface area contributed by atoms with Crippen LogP contribution in [-0.4, -0.2) is 0 Å². The van der Waals surface area contributed by atoms with Gasteiger partial charge in [-0.15, -0.1) is 0 Å². The molecule has 2 rings (SSSR count). The van der Waals surface area contributed by atoms with Gasteiger partial charge in [0, 0.05) is 6.04 Å². The predicted octanol–water partition coefficient (Wildman–Crippen LogP) is 3.82. The Morgan fingerprint density at radius 2 is 1.82 bits per heavy atom. The van der Waals surface area contributed by atoms with Crippen molar-refractivity contribution in [1.82, 2.24) is 0 Å². The Bertz CT molecular complexity index is 532. The maximum absolute atomic E-state index is 13.6. The molecule has 0 aliphatic rings. The lowest BCUT2D eigenvalue weighted by Gasteiger charge is -2.13. The third-order valence-electron chi connectivity index (χ3n) is 2.93. The van der Waals surface area contributed by atoms with E-state index in [9.17, 15) is 4.39 Å². The van der Waals surface area contributed by atoms with E-state index in [1.807, 2.05) is 37.3 Å². The first-order chi connectivity index (χ1) is 8.09. The molecule has 0 aliphatic heterocycles. The van der Waals surface area contributed by atoms with Crippen LogP contribution in [0, 0.1) is 12.7 Å². The Morgan fingerprint density at radius 3 is 2.47 bits per heavy atom. The molecular formula is C15H16FN. The molecule has 0 spiro atoms. The lowest BCUT2D eigenvalue weighted by molar-refractivity contribution is 0.619. The number of nitrogens with two attached hydrogens (primary N) is 1. The fourth-order valence-electron chi connectivity index (χ4n) is 1.92. The summed E-state index contributed by atoms with van der Waals surface area (Å²) >= 11 is 0. The highest BCUT2D eigenvalue weighted by molar-refractivity contribution is 5.68. The van der Waals surface area contributed by atoms with Crippen molar-refractivity contribution in [3.8, 4) is 11.1 Å². The van der Waals surface area contributed by atoms with Crippen LogP contribution in [0.2, 0.25) is 0 Å². The number of halogens is 1. The van der Waals surface area contributed by atoms with Crippen molar-refractivity contribution < 1.29 is 4.39 Å². The molecule has 0 amide bonds. The molecule has 0 radical (unpaired) electrons. The molecule has 2 aromatic rings. The Morgan fingerprint density at radius 1 is 1.12 bits per heavy atom. The highest BCUT2D eigenvalue weighted by Crippen LogP contribution is 2.28. The molecule has 0 aromatic heterocycles. The molecule has 0 fully saturated rings. The third-order valence-corrected chi connectivity index (χ3v) is 2.93. The van der Waals surface area contributed by atoms with Gasteiger partial charge in [0.05, 0.1) is 0 Å². The Labute approximate surface area is 101 Å². The van der Waals surface area contributed by atoms with Crippen molar-refractivity contribution >= 4 is 0 Å². The average Bonchev–Trinajstić information content (AvgIpc) is 2.32. The molecule has 1 unspecified atom stereocenters. The van der Waals surface area contributed by atoms with E-state index in [-0.39, 0.29) is 11.9 Å². The van der Waals surface area contributed by atoms with Gasteiger partial charge in [-0.25, -0.2) is 4.39 Å². The highest BCUT2D eigenvalue weighted by Gasteiger charge is 2.09. The zero-order valence-corrected chi connectivity index (χ0v) is 10.1. The molecule has 2 N–H and O–H groups in total. The fourth-order valence-corrected chi connectivity index (χ4v) is 1.92. The van der Waals surface area contributed by atoms with E-state index in [1.54, 1.807) is 19.1 Å². The fraction of sp³-hybridized carbons (Fsp3) is 0.200. The van der Waals surface area contributed by atoms with Crippen molar-refractivity contribution in [3.05, 3.63) is 59.4 Å². The quantitative estimate of drug-likeness (QED) is 0.832. The SMILES string of the molecule is Cc1ccc(-c2ccccc2C(C)N)cc1F. The molecule has 17 heavy (non-hydrogen) atoms. The second kappa shape index (κ2) is 4.68. The van der Waals surface area contributed by atoms with Crippen molar-refractivity contribution in [3.63, 3.8) is 0 Å². The molecule has 2 heteroatoms. The van der Waals surface area contributed by atoms with Gasteiger partial charge in [0.1, 0.15) is 5.82 Å². The van der Waals surface area contributed by atoms with Crippen molar-refractivity contribution in [2.45, 2.75) is 19.9 Å². The standard InChI is InChI=1S/C15H16FN/c1-10-7-8-12(9-15(10)16)14-6-4-3-5-13(14)11(2)17/h3-9,11H,17H2,1-2H3. The Balaban J connectivity index is 2.56. The van der Waals surface area contributed by atoms with Crippen LogP contribution >= 0.6 is 0 Å². The van der Waals surface area contributed by atoms with Gasteiger partial charge in [-0.1, -0.05) is 36.4 Å². The highest BCUT2D eigenvalue weighted by atomic mass is 19.1. The van der Waals surface area contributed by atoms with Crippen molar-refractivity contribution in [1.29, 1.82) is 0 Å². The molecular weight excluding hydrogens is 213 g/mol. The molecule has 0 saturated carbocycles. The zero-order valence-electron chi connectivity index (χ0n) is 10.1. The summed E-state index contributed by atoms with van der Waals surface area (Å²) in [5.74, 6) is -0.179. The molecule has 0 aliphatic carbocycles. The zero-order chi connectivity index (χ0) is 12.4. The summed E-state index contributed by atoms with van der Waals surface area (Å²) in [4.78, 5) is 0. The molecule has 2 aromatic carbocycles. The molecule has 1 atom stereocenters. The molecule has 0 saturated heterocycles. The summed E-state index contributed by atoms with van der Waals surface area (Å²) in [7, 11) is 0. The van der Waals surface area contributed by atoms with Gasteiger partial charge >= 0.3 is 0 Å². The number of aryl methyl sites for hydroxylation is 1. The van der Waals surface area contributed by atoms with Gasteiger partial charge < -0.3 is 5.73 Å². The van der Waals surface area contributed by atoms with Crippen molar-refractivity contribution in [2.75, 3.05) is 0 Å². The van der Waals surface area contributed by atoms with Gasteiger partial charge in [-0.2, -0.15) is 0 Å².